The van der Waals surface area contributed by atoms with Crippen molar-refractivity contribution in [1.82, 2.24) is 9.97 Å². The van der Waals surface area contributed by atoms with E-state index in [2.05, 4.69) is 24.6 Å². The number of rotatable bonds is 14. The molecule has 0 fully saturated rings. The highest BCUT2D eigenvalue weighted by molar-refractivity contribution is 7.09. The van der Waals surface area contributed by atoms with Gasteiger partial charge in [-0.15, -0.1) is 11.3 Å². The van der Waals surface area contributed by atoms with E-state index in [1.54, 1.807) is 11.3 Å². The average Bonchev–Trinajstić information content (AvgIpc) is 3.08. The summed E-state index contributed by atoms with van der Waals surface area (Å²) in [6, 6.07) is 0. The van der Waals surface area contributed by atoms with Crippen molar-refractivity contribution in [2.24, 2.45) is 0 Å². The molecule has 0 aliphatic heterocycles. The smallest absolute Gasteiger partial charge is 0.0997 e. The molecule has 2 nitrogen and oxygen atoms in total. The first-order valence-electron chi connectivity index (χ1n) is 10.6. The van der Waals surface area contributed by atoms with Crippen LogP contribution in [-0.2, 0) is 12.8 Å². The Bertz CT molecular complexity index is 541. The maximum Gasteiger partial charge on any atom is 0.0997 e. The van der Waals surface area contributed by atoms with Gasteiger partial charge in [-0.3, -0.25) is 0 Å². The summed E-state index contributed by atoms with van der Waals surface area (Å²) in [6.07, 6.45) is 18.3. The number of thiophene rings is 1. The van der Waals surface area contributed by atoms with E-state index in [0.717, 1.165) is 23.9 Å². The molecule has 2 aromatic rings. The van der Waals surface area contributed by atoms with Crippen molar-refractivity contribution in [2.75, 3.05) is 0 Å². The lowest BCUT2D eigenvalue weighted by Gasteiger charge is -2.09. The van der Waals surface area contributed by atoms with Crippen molar-refractivity contribution in [3.63, 3.8) is 0 Å². The summed E-state index contributed by atoms with van der Waals surface area (Å²) >= 11 is 1.72. The number of aryl methyl sites for hydroxylation is 2. The van der Waals surface area contributed by atoms with Crippen LogP contribution in [0.4, 0.5) is 0 Å². The Morgan fingerprint density at radius 2 is 1.00 bits per heavy atom. The number of aromatic nitrogens is 2. The van der Waals surface area contributed by atoms with E-state index in [4.69, 9.17) is 9.97 Å². The molecule has 0 radical (unpaired) electrons. The Labute approximate surface area is 158 Å². The van der Waals surface area contributed by atoms with E-state index < -0.39 is 0 Å². The van der Waals surface area contributed by atoms with Crippen LogP contribution in [-0.4, -0.2) is 9.97 Å². The first kappa shape index (κ1) is 20.4. The first-order valence-corrected chi connectivity index (χ1v) is 11.5. The minimum Gasteiger partial charge on any atom is -0.248 e. The van der Waals surface area contributed by atoms with Gasteiger partial charge in [0.2, 0.25) is 0 Å². The number of hydrogen-bond acceptors (Lipinski definition) is 3. The van der Waals surface area contributed by atoms with Crippen LogP contribution in [0.2, 0.25) is 0 Å². The minimum atomic E-state index is 1.10. The molecule has 3 heteroatoms. The molecule has 0 saturated carbocycles. The molecule has 2 aromatic heterocycles. The predicted molar refractivity (Wildman–Crippen MR) is 112 cm³/mol. The summed E-state index contributed by atoms with van der Waals surface area (Å²) in [7, 11) is 0. The summed E-state index contributed by atoms with van der Waals surface area (Å²) in [5.41, 5.74) is 4.74. The number of unbranched alkanes of at least 4 members (excludes halogenated alkanes) is 10. The molecule has 0 aliphatic carbocycles. The van der Waals surface area contributed by atoms with Crippen LogP contribution >= 0.6 is 11.3 Å². The standard InChI is InChI=1S/C22H36N2S/c1-3-5-7-9-11-13-15-19-20(16-14-12-10-8-6-4-2)24-22-18-25-17-21(22)23-19/h17-18H,3-16H2,1-2H3. The van der Waals surface area contributed by atoms with Crippen LogP contribution in [0.1, 0.15) is 102 Å². The van der Waals surface area contributed by atoms with Crippen LogP contribution in [0.3, 0.4) is 0 Å². The lowest BCUT2D eigenvalue weighted by atomic mass is 10.0. The molecule has 0 spiro atoms. The molecular weight excluding hydrogens is 324 g/mol. The lowest BCUT2D eigenvalue weighted by molar-refractivity contribution is 0.593. The van der Waals surface area contributed by atoms with Crippen molar-refractivity contribution < 1.29 is 0 Å². The van der Waals surface area contributed by atoms with Gasteiger partial charge in [0.25, 0.3) is 0 Å². The van der Waals surface area contributed by atoms with Crippen molar-refractivity contribution >= 4 is 22.4 Å². The molecule has 0 saturated heterocycles. The zero-order valence-electron chi connectivity index (χ0n) is 16.4. The fourth-order valence-electron chi connectivity index (χ4n) is 3.42. The summed E-state index contributed by atoms with van der Waals surface area (Å²) in [6.45, 7) is 4.56. The molecule has 2 heterocycles. The van der Waals surface area contributed by atoms with Gasteiger partial charge in [-0.2, -0.15) is 0 Å². The molecular formula is C22H36N2S. The van der Waals surface area contributed by atoms with Crippen molar-refractivity contribution in [3.05, 3.63) is 22.1 Å². The van der Waals surface area contributed by atoms with Gasteiger partial charge in [0.15, 0.2) is 0 Å². The fourth-order valence-corrected chi connectivity index (χ4v) is 4.09. The molecule has 0 aromatic carbocycles. The lowest BCUT2D eigenvalue weighted by Crippen LogP contribution is -2.02. The summed E-state index contributed by atoms with van der Waals surface area (Å²) in [5, 5.41) is 4.28. The van der Waals surface area contributed by atoms with Crippen LogP contribution in [0.5, 0.6) is 0 Å². The number of nitrogens with zero attached hydrogens (tertiary/aromatic N) is 2. The van der Waals surface area contributed by atoms with Gasteiger partial charge in [-0.05, 0) is 25.7 Å². The SMILES string of the molecule is CCCCCCCCc1nc2cscc2nc1CCCCCCCC. The maximum absolute atomic E-state index is 4.95. The Morgan fingerprint density at radius 3 is 1.44 bits per heavy atom. The normalized spacial score (nSPS) is 11.4. The molecule has 0 atom stereocenters. The maximum atomic E-state index is 4.95. The number of fused-ring (bicyclic) bond motifs is 1. The Kier molecular flexibility index (Phi) is 10.1. The van der Waals surface area contributed by atoms with Gasteiger partial charge >= 0.3 is 0 Å². The van der Waals surface area contributed by atoms with E-state index in [9.17, 15) is 0 Å². The Balaban J connectivity index is 1.84. The second-order valence-electron chi connectivity index (χ2n) is 7.29. The highest BCUT2D eigenvalue weighted by Gasteiger charge is 2.09. The molecule has 0 aliphatic rings. The number of hydrogen-bond donors (Lipinski definition) is 0. The van der Waals surface area contributed by atoms with Crippen molar-refractivity contribution in [2.45, 2.75) is 104 Å². The summed E-state index contributed by atoms with van der Waals surface area (Å²) < 4.78 is 0. The van der Waals surface area contributed by atoms with Gasteiger partial charge in [0.05, 0.1) is 22.4 Å². The third-order valence-corrected chi connectivity index (χ3v) is 5.72. The second kappa shape index (κ2) is 12.4. The molecule has 0 amide bonds. The second-order valence-corrected chi connectivity index (χ2v) is 8.04. The molecule has 2 rings (SSSR count). The van der Waals surface area contributed by atoms with Gasteiger partial charge in [0.1, 0.15) is 0 Å². The summed E-state index contributed by atoms with van der Waals surface area (Å²) in [5.74, 6) is 0. The van der Waals surface area contributed by atoms with Crippen molar-refractivity contribution in [1.29, 1.82) is 0 Å². The van der Waals surface area contributed by atoms with E-state index >= 15 is 0 Å². The quantitative estimate of drug-likeness (QED) is 0.326. The van der Waals surface area contributed by atoms with Gasteiger partial charge < -0.3 is 0 Å². The summed E-state index contributed by atoms with van der Waals surface area (Å²) in [4.78, 5) is 9.89. The topological polar surface area (TPSA) is 25.8 Å². The van der Waals surface area contributed by atoms with E-state index in [-0.39, 0.29) is 0 Å². The Morgan fingerprint density at radius 1 is 0.600 bits per heavy atom. The van der Waals surface area contributed by atoms with Gasteiger partial charge in [-0.1, -0.05) is 78.1 Å². The van der Waals surface area contributed by atoms with Crippen molar-refractivity contribution in [3.8, 4) is 0 Å². The van der Waals surface area contributed by atoms with Crippen LogP contribution in [0, 0.1) is 0 Å². The molecule has 25 heavy (non-hydrogen) atoms. The van der Waals surface area contributed by atoms with E-state index in [1.165, 1.54) is 88.4 Å². The fraction of sp³-hybridized carbons (Fsp3) is 0.727. The van der Waals surface area contributed by atoms with Gasteiger partial charge in [-0.25, -0.2) is 9.97 Å². The van der Waals surface area contributed by atoms with E-state index in [0.29, 0.717) is 0 Å². The highest BCUT2D eigenvalue weighted by Crippen LogP contribution is 2.21. The zero-order valence-corrected chi connectivity index (χ0v) is 17.2. The van der Waals surface area contributed by atoms with Gasteiger partial charge in [0, 0.05) is 10.8 Å². The van der Waals surface area contributed by atoms with Crippen LogP contribution < -0.4 is 0 Å². The van der Waals surface area contributed by atoms with Crippen LogP contribution in [0.15, 0.2) is 10.8 Å². The molecule has 140 valence electrons. The molecule has 0 N–H and O–H groups in total. The average molecular weight is 361 g/mol. The monoisotopic (exact) mass is 360 g/mol. The highest BCUT2D eigenvalue weighted by atomic mass is 32.1. The third kappa shape index (κ3) is 7.43. The third-order valence-electron chi connectivity index (χ3n) is 5.00. The first-order chi connectivity index (χ1) is 12.3. The molecule has 0 unspecified atom stereocenters. The Hall–Kier alpha value is -0.960. The predicted octanol–water partition coefficient (Wildman–Crippen LogP) is 7.50. The largest absolute Gasteiger partial charge is 0.248 e. The minimum absolute atomic E-state index is 1.10. The zero-order chi connectivity index (χ0) is 17.7. The van der Waals surface area contributed by atoms with Crippen LogP contribution in [0.25, 0.3) is 11.0 Å². The molecule has 0 bridgehead atoms. The van der Waals surface area contributed by atoms with E-state index in [1.807, 2.05) is 0 Å².